The van der Waals surface area contributed by atoms with Gasteiger partial charge < -0.3 is 14.4 Å². The van der Waals surface area contributed by atoms with Gasteiger partial charge in [0.1, 0.15) is 18.8 Å². The van der Waals surface area contributed by atoms with Gasteiger partial charge in [-0.05, 0) is 93.5 Å². The Balaban J connectivity index is 1.60. The number of Topliss-reactive ketones (excluding diaryl/α,β-unsaturated/α-hetero) is 1. The highest BCUT2D eigenvalue weighted by atomic mass is 16.5. The Morgan fingerprint density at radius 3 is 2.31 bits per heavy atom. The third kappa shape index (κ3) is 9.87. The number of cyclic esters (lactones) is 2. The number of ketones is 1. The number of fused-ring (bicyclic) bond motifs is 3. The van der Waals surface area contributed by atoms with Crippen molar-refractivity contribution in [2.24, 2.45) is 5.41 Å². The van der Waals surface area contributed by atoms with Gasteiger partial charge in [-0.2, -0.15) is 0 Å². The van der Waals surface area contributed by atoms with Crippen molar-refractivity contribution < 1.29 is 28.7 Å². The number of carbonyl (C=O) groups is 4. The minimum atomic E-state index is -1.21. The monoisotopic (exact) mass is 615 g/mol. The van der Waals surface area contributed by atoms with Gasteiger partial charge in [-0.25, -0.2) is 4.79 Å². The van der Waals surface area contributed by atoms with E-state index in [1.165, 1.54) is 4.90 Å². The summed E-state index contributed by atoms with van der Waals surface area (Å²) in [6.45, 7) is 7.70. The van der Waals surface area contributed by atoms with E-state index in [1.807, 2.05) is 30.3 Å². The van der Waals surface area contributed by atoms with E-state index in [4.69, 9.17) is 9.47 Å². The number of nitrogens with zero attached hydrogens (tertiary/aromatic N) is 1. The van der Waals surface area contributed by atoms with Crippen molar-refractivity contribution in [1.29, 1.82) is 0 Å². The molecule has 1 saturated heterocycles. The van der Waals surface area contributed by atoms with Crippen molar-refractivity contribution in [3.05, 3.63) is 77.9 Å². The molecule has 0 spiro atoms. The molecule has 242 valence electrons. The fourth-order valence-corrected chi connectivity index (χ4v) is 6.11. The average molecular weight is 616 g/mol. The molecule has 2 bridgehead atoms. The summed E-state index contributed by atoms with van der Waals surface area (Å²) >= 11 is 0. The minimum absolute atomic E-state index is 0.179. The van der Waals surface area contributed by atoms with Gasteiger partial charge in [0, 0.05) is 13.0 Å². The molecule has 2 unspecified atom stereocenters. The minimum Gasteiger partial charge on any atom is -0.465 e. The Labute approximate surface area is 268 Å². The van der Waals surface area contributed by atoms with E-state index in [0.29, 0.717) is 32.2 Å². The molecule has 7 heteroatoms. The van der Waals surface area contributed by atoms with Crippen LogP contribution >= 0.6 is 0 Å². The molecule has 0 N–H and O–H groups in total. The number of carbonyl (C=O) groups excluding carboxylic acids is 4. The van der Waals surface area contributed by atoms with E-state index in [1.54, 1.807) is 13.8 Å². The van der Waals surface area contributed by atoms with Crippen LogP contribution in [0.15, 0.2) is 61.2 Å². The molecule has 2 aliphatic rings. The molecule has 1 amide bonds. The molecule has 0 aliphatic carbocycles. The number of aryl methyl sites for hydroxylation is 1. The fourth-order valence-electron chi connectivity index (χ4n) is 6.11. The van der Waals surface area contributed by atoms with E-state index < -0.39 is 35.2 Å². The highest BCUT2D eigenvalue weighted by Gasteiger charge is 2.42. The lowest BCUT2D eigenvalue weighted by Gasteiger charge is -2.36. The smallest absolute Gasteiger partial charge is 0.329 e. The topological polar surface area (TPSA) is 90.0 Å². The van der Waals surface area contributed by atoms with Crippen LogP contribution in [0.3, 0.4) is 0 Å². The van der Waals surface area contributed by atoms with Gasteiger partial charge in [-0.1, -0.05) is 80.8 Å². The van der Waals surface area contributed by atoms with E-state index in [-0.39, 0.29) is 19.0 Å². The molecule has 7 nitrogen and oxygen atoms in total. The van der Waals surface area contributed by atoms with E-state index >= 15 is 0 Å². The highest BCUT2D eigenvalue weighted by Crippen LogP contribution is 2.31. The molecule has 1 fully saturated rings. The van der Waals surface area contributed by atoms with Gasteiger partial charge in [0.15, 0.2) is 0 Å². The first kappa shape index (κ1) is 34.1. The second kappa shape index (κ2) is 16.5. The molecule has 2 heterocycles. The maximum absolute atomic E-state index is 13.9. The molecule has 2 aromatic carbocycles. The quantitative estimate of drug-likeness (QED) is 0.261. The summed E-state index contributed by atoms with van der Waals surface area (Å²) in [4.78, 5) is 54.7. The van der Waals surface area contributed by atoms with Crippen LogP contribution in [0.4, 0.5) is 0 Å². The Kier molecular flexibility index (Phi) is 12.5. The summed E-state index contributed by atoms with van der Waals surface area (Å²) in [7, 11) is 0. The van der Waals surface area contributed by atoms with E-state index in [2.05, 4.69) is 30.8 Å². The molecular formula is C38H49NO6. The molecule has 2 aromatic rings. The van der Waals surface area contributed by atoms with Crippen molar-refractivity contribution >= 4 is 29.2 Å². The average Bonchev–Trinajstić information content (AvgIpc) is 3.06. The summed E-state index contributed by atoms with van der Waals surface area (Å²) in [6, 6.07) is 17.3. The van der Waals surface area contributed by atoms with E-state index in [9.17, 15) is 19.2 Å². The summed E-state index contributed by atoms with van der Waals surface area (Å²) < 4.78 is 11.7. The Bertz CT molecular complexity index is 1330. The predicted molar refractivity (Wildman–Crippen MR) is 175 cm³/mol. The van der Waals surface area contributed by atoms with Crippen molar-refractivity contribution in [2.45, 2.75) is 109 Å². The van der Waals surface area contributed by atoms with Crippen LogP contribution in [0.5, 0.6) is 0 Å². The van der Waals surface area contributed by atoms with Crippen molar-refractivity contribution in [3.63, 3.8) is 0 Å². The highest BCUT2D eigenvalue weighted by molar-refractivity contribution is 6.38. The molecule has 0 saturated carbocycles. The zero-order valence-corrected chi connectivity index (χ0v) is 27.1. The number of esters is 2. The standard InChI is InChI=1S/C38H49NO6/c1-28-16-9-6-4-5-7-12-22-34(40)44-27-38(2,3)35(41)36(42)39-25-14-13-21-32(39)37(43)45-33(31-20-15-19-30(28)26-31)24-23-29-17-10-8-11-18-29/h8,10-11,15,17-20,26,32-33H,1,4-7,9,12-14,16,21-25,27H2,2-3H3. The lowest BCUT2D eigenvalue weighted by atomic mass is 9.87. The van der Waals surface area contributed by atoms with Crippen LogP contribution < -0.4 is 0 Å². The first-order valence-corrected chi connectivity index (χ1v) is 16.7. The summed E-state index contributed by atoms with van der Waals surface area (Å²) in [5.41, 5.74) is 2.91. The largest absolute Gasteiger partial charge is 0.465 e. The molecule has 0 aromatic heterocycles. The van der Waals surface area contributed by atoms with Crippen LogP contribution in [0.2, 0.25) is 0 Å². The van der Waals surface area contributed by atoms with Crippen LogP contribution in [-0.4, -0.2) is 47.7 Å². The number of hydrogen-bond acceptors (Lipinski definition) is 6. The second-order valence-electron chi connectivity index (χ2n) is 13.2. The zero-order chi connectivity index (χ0) is 32.2. The maximum Gasteiger partial charge on any atom is 0.329 e. The Hall–Kier alpha value is -3.74. The number of rotatable bonds is 3. The number of amides is 1. The van der Waals surface area contributed by atoms with E-state index in [0.717, 1.165) is 73.6 Å². The van der Waals surface area contributed by atoms with Crippen molar-refractivity contribution in [3.8, 4) is 0 Å². The van der Waals surface area contributed by atoms with Crippen molar-refractivity contribution in [1.82, 2.24) is 4.90 Å². The predicted octanol–water partition coefficient (Wildman–Crippen LogP) is 7.57. The lowest BCUT2D eigenvalue weighted by Crippen LogP contribution is -2.53. The molecule has 2 aliphatic heterocycles. The summed E-state index contributed by atoms with van der Waals surface area (Å²) in [5.74, 6) is -2.25. The second-order valence-corrected chi connectivity index (χ2v) is 13.2. The lowest BCUT2D eigenvalue weighted by molar-refractivity contribution is -0.165. The third-order valence-electron chi connectivity index (χ3n) is 9.01. The van der Waals surface area contributed by atoms with Gasteiger partial charge in [0.25, 0.3) is 5.91 Å². The molecule has 45 heavy (non-hydrogen) atoms. The van der Waals surface area contributed by atoms with Gasteiger partial charge in [0.2, 0.25) is 5.78 Å². The normalized spacial score (nSPS) is 23.1. The maximum atomic E-state index is 13.9. The summed E-state index contributed by atoms with van der Waals surface area (Å²) in [6.07, 6.45) is 9.71. The third-order valence-corrected chi connectivity index (χ3v) is 9.01. The summed E-state index contributed by atoms with van der Waals surface area (Å²) in [5, 5.41) is 0. The number of ether oxygens (including phenoxy) is 2. The van der Waals surface area contributed by atoms with Crippen LogP contribution in [0, 0.1) is 5.41 Å². The SMILES string of the molecule is C=C1CCCCCCCCC(=O)OCC(C)(C)C(=O)C(=O)N2CCCCC2C(=O)OC(CCc2ccccc2)c2cccc1c2. The number of benzene rings is 2. The van der Waals surface area contributed by atoms with Crippen LogP contribution in [0.25, 0.3) is 5.57 Å². The van der Waals surface area contributed by atoms with Gasteiger partial charge in [-0.15, -0.1) is 0 Å². The first-order valence-electron chi connectivity index (χ1n) is 16.7. The van der Waals surface area contributed by atoms with Gasteiger partial charge >= 0.3 is 11.9 Å². The van der Waals surface area contributed by atoms with Gasteiger partial charge in [-0.3, -0.25) is 14.4 Å². The Morgan fingerprint density at radius 2 is 1.56 bits per heavy atom. The molecule has 2 atom stereocenters. The zero-order valence-electron chi connectivity index (χ0n) is 27.1. The number of piperidine rings is 1. The fraction of sp³-hybridized carbons (Fsp3) is 0.526. The number of allylic oxidation sites excluding steroid dienone is 1. The molecule has 4 rings (SSSR count). The van der Waals surface area contributed by atoms with Crippen LogP contribution in [-0.2, 0) is 35.1 Å². The molecule has 0 radical (unpaired) electrons. The number of hydrogen-bond donors (Lipinski definition) is 0. The van der Waals surface area contributed by atoms with Crippen LogP contribution in [0.1, 0.15) is 114 Å². The first-order chi connectivity index (χ1) is 21.7. The Morgan fingerprint density at radius 1 is 0.844 bits per heavy atom. The molecular weight excluding hydrogens is 566 g/mol. The van der Waals surface area contributed by atoms with Gasteiger partial charge in [0.05, 0.1) is 5.41 Å². The van der Waals surface area contributed by atoms with Crippen molar-refractivity contribution in [2.75, 3.05) is 13.2 Å².